The zero-order valence-corrected chi connectivity index (χ0v) is 46.5. The van der Waals surface area contributed by atoms with Crippen LogP contribution in [0.5, 0.6) is 34.5 Å². The number of ether oxygens (including phenoxy) is 6. The van der Waals surface area contributed by atoms with Crippen LogP contribution < -0.4 is 29.8 Å². The van der Waals surface area contributed by atoms with Crippen molar-refractivity contribution < 1.29 is 88.4 Å². The predicted molar refractivity (Wildman–Crippen MR) is 305 cm³/mol. The largest absolute Gasteiger partial charge is 0.482 e. The number of fused-ring (bicyclic) bond motifs is 4. The normalized spacial score (nSPS) is 13.6. The number of hydrogen-bond acceptors (Lipinski definition) is 10. The van der Waals surface area contributed by atoms with Gasteiger partial charge in [0.25, 0.3) is 0 Å². The van der Waals surface area contributed by atoms with Crippen molar-refractivity contribution in [2.45, 2.75) is 12.8 Å². The second-order valence-corrected chi connectivity index (χ2v) is 25.8. The van der Waals surface area contributed by atoms with E-state index in [-0.39, 0.29) is 37.3 Å². The van der Waals surface area contributed by atoms with Crippen LogP contribution in [0.2, 0.25) is 0 Å². The van der Waals surface area contributed by atoms with Gasteiger partial charge in [0.05, 0.1) is 34.8 Å². The molecular weight excluding hydrogens is 1210 g/mol. The first kappa shape index (κ1) is 61.8. The van der Waals surface area contributed by atoms with Crippen LogP contribution >= 0.6 is 36.6 Å². The van der Waals surface area contributed by atoms with Crippen molar-refractivity contribution in [1.82, 2.24) is 0 Å². The Bertz CT molecular complexity index is 3870. The molecule has 0 spiro atoms. The molecule has 442 valence electrons. The quantitative estimate of drug-likeness (QED) is 0.0217. The number of rotatable bonds is 17. The summed E-state index contributed by atoms with van der Waals surface area (Å²) in [7, 11) is -22.5. The van der Waals surface area contributed by atoms with E-state index in [1.807, 2.05) is 170 Å². The fourth-order valence-corrected chi connectivity index (χ4v) is 12.7. The van der Waals surface area contributed by atoms with Gasteiger partial charge in [-0.2, -0.15) is 0 Å². The zero-order chi connectivity index (χ0) is 60.6. The minimum Gasteiger partial charge on any atom is -0.482 e. The number of para-hydroxylation sites is 2. The van der Waals surface area contributed by atoms with E-state index in [2.05, 4.69) is 0 Å². The maximum Gasteiger partial charge on any atom is 0.344 e. The summed E-state index contributed by atoms with van der Waals surface area (Å²) in [6, 6.07) is 61.0. The summed E-state index contributed by atoms with van der Waals surface area (Å²) < 4.78 is 156. The van der Waals surface area contributed by atoms with Crippen LogP contribution in [0.15, 0.2) is 204 Å². The molecular formula is C58H44F12O10P2S2. The Morgan fingerprint density at radius 1 is 0.345 bits per heavy atom. The number of hydrogen-bond donors (Lipinski definition) is 0. The Kier molecular flexibility index (Phi) is 17.2. The summed E-state index contributed by atoms with van der Waals surface area (Å²) in [5.41, 5.74) is -0.216. The van der Waals surface area contributed by atoms with Gasteiger partial charge >= 0.3 is 77.9 Å². The SMILES string of the molecule is F[P-](F)(F)(F)(F)F.F[P-](F)(F)(F)(F)F.O=C(COc1ccc2c(c1)c(=O)c1ccccc1[s+]2-c1ccc(Oc2ccccc2)cc1)OCCCCOC(=O)COc1ccc2c(c1)c(=O)c1ccccc1[s+]2-c1ccc(Oc2ccccc2)cc1. The number of carbonyl (C=O) groups excluding carboxylic acids is 2. The van der Waals surface area contributed by atoms with Crippen LogP contribution in [-0.4, -0.2) is 38.4 Å². The molecule has 2 atom stereocenters. The molecule has 26 heteroatoms. The molecule has 0 saturated heterocycles. The van der Waals surface area contributed by atoms with Gasteiger partial charge in [-0.25, -0.2) is 9.59 Å². The third-order valence-electron chi connectivity index (χ3n) is 11.4. The predicted octanol–water partition coefficient (Wildman–Crippen LogP) is 20.2. The molecule has 10 nitrogen and oxygen atoms in total. The molecule has 0 amide bonds. The fourth-order valence-electron chi connectivity index (χ4n) is 8.09. The zero-order valence-electron chi connectivity index (χ0n) is 43.0. The number of halogens is 12. The van der Waals surface area contributed by atoms with E-state index in [1.54, 1.807) is 24.3 Å². The van der Waals surface area contributed by atoms with Crippen molar-refractivity contribution in [3.05, 3.63) is 215 Å². The summed E-state index contributed by atoms with van der Waals surface area (Å²) in [5, 5.41) is 2.28. The van der Waals surface area contributed by atoms with Crippen LogP contribution in [0.3, 0.4) is 0 Å². The molecule has 0 aliphatic heterocycles. The second kappa shape index (κ2) is 23.4. The molecule has 2 heterocycles. The molecule has 0 fully saturated rings. The van der Waals surface area contributed by atoms with E-state index in [4.69, 9.17) is 28.4 Å². The standard InChI is InChI=1S/C58H44O10S2.2F6P/c59-55(37-65-43-25-31-53-49(35-43)57(61)47-17-7-9-19-51(47)69(53)45-27-21-41(22-28-45)67-39-13-3-1-4-14-39)63-33-11-12-34-64-56(60)38-66-44-26-32-54-50(36-44)58(62)48-18-8-10-20-52(48)70(54)46-29-23-42(24-30-46)68-40-15-5-2-6-16-40;2*1-7(2,3,4,5)6/h1-10,13-32,35-36H,11-12,33-34,37-38H2;;/q+2;2*-1. The van der Waals surface area contributed by atoms with Gasteiger partial charge in [0.2, 0.25) is 10.9 Å². The van der Waals surface area contributed by atoms with Crippen LogP contribution in [0, 0.1) is 0 Å². The van der Waals surface area contributed by atoms with E-state index < -0.39 is 48.5 Å². The van der Waals surface area contributed by atoms with Crippen molar-refractivity contribution in [1.29, 1.82) is 0 Å². The van der Waals surface area contributed by atoms with Crippen LogP contribution in [0.4, 0.5) is 50.4 Å². The van der Waals surface area contributed by atoms with E-state index in [1.165, 1.54) is 0 Å². The molecule has 0 bridgehead atoms. The fraction of sp³-hybridized carbons (Fsp3) is 0.103. The first-order chi connectivity index (χ1) is 39.3. The van der Waals surface area contributed by atoms with Crippen molar-refractivity contribution in [2.75, 3.05) is 26.4 Å². The smallest absolute Gasteiger partial charge is 0.344 e. The number of carbonyl (C=O) groups is 2. The maximum atomic E-state index is 13.8. The Labute approximate surface area is 473 Å². The van der Waals surface area contributed by atoms with Gasteiger partial charge in [-0.1, -0.05) is 60.7 Å². The van der Waals surface area contributed by atoms with E-state index in [9.17, 15) is 69.5 Å². The number of unbranched alkanes of at least 4 members (excludes halogenated alkanes) is 1. The Balaban J connectivity index is 0.000000586. The molecule has 0 aliphatic rings. The van der Waals surface area contributed by atoms with Crippen molar-refractivity contribution in [3.8, 4) is 44.3 Å². The van der Waals surface area contributed by atoms with Crippen molar-refractivity contribution in [2.24, 2.45) is 0 Å². The van der Waals surface area contributed by atoms with Gasteiger partial charge in [-0.05, 0) is 110 Å². The third kappa shape index (κ3) is 19.1. The van der Waals surface area contributed by atoms with E-state index in [0.29, 0.717) is 57.4 Å². The Hall–Kier alpha value is -8.30. The van der Waals surface area contributed by atoms with Gasteiger partial charge in [0.15, 0.2) is 41.8 Å². The summed E-state index contributed by atoms with van der Waals surface area (Å²) in [4.78, 5) is 54.9. The van der Waals surface area contributed by atoms with Crippen LogP contribution in [0.25, 0.3) is 50.1 Å². The van der Waals surface area contributed by atoms with Crippen LogP contribution in [-0.2, 0) is 19.1 Å². The minimum atomic E-state index is -10.7. The first-order valence-corrected chi connectivity index (χ1v) is 31.2. The van der Waals surface area contributed by atoms with Gasteiger partial charge in [-0.3, -0.25) is 9.59 Å². The summed E-state index contributed by atoms with van der Waals surface area (Å²) in [6.45, 7) is -0.478. The van der Waals surface area contributed by atoms with E-state index >= 15 is 0 Å². The average molecular weight is 1260 g/mol. The summed E-state index contributed by atoms with van der Waals surface area (Å²) in [6.07, 6.45) is 0.904. The van der Waals surface area contributed by atoms with Gasteiger partial charge in [0.1, 0.15) is 34.5 Å². The monoisotopic (exact) mass is 1250 g/mol. The van der Waals surface area contributed by atoms with Gasteiger partial charge in [-0.15, -0.1) is 0 Å². The van der Waals surface area contributed by atoms with E-state index in [0.717, 1.165) is 40.1 Å². The van der Waals surface area contributed by atoms with Crippen molar-refractivity contribution in [3.63, 3.8) is 0 Å². The Morgan fingerprint density at radius 2 is 0.631 bits per heavy atom. The second-order valence-electron chi connectivity index (χ2n) is 18.0. The molecule has 0 aliphatic carbocycles. The molecule has 84 heavy (non-hydrogen) atoms. The molecule has 0 N–H and O–H groups in total. The topological polar surface area (TPSA) is 124 Å². The average Bonchev–Trinajstić information content (AvgIpc) is 1.01. The molecule has 0 radical (unpaired) electrons. The van der Waals surface area contributed by atoms with Crippen LogP contribution in [0.1, 0.15) is 12.8 Å². The number of benzene rings is 8. The Morgan fingerprint density at radius 3 is 0.976 bits per heavy atom. The summed E-state index contributed by atoms with van der Waals surface area (Å²) >= 11 is 0. The summed E-state index contributed by atoms with van der Waals surface area (Å²) in [5.74, 6) is 2.53. The minimum absolute atomic E-state index is 0.104. The third-order valence-corrected chi connectivity index (χ3v) is 16.1. The molecule has 0 saturated carbocycles. The molecule has 10 rings (SSSR count). The van der Waals surface area contributed by atoms with Gasteiger partial charge < -0.3 is 28.4 Å². The maximum absolute atomic E-state index is 13.8. The van der Waals surface area contributed by atoms with Crippen molar-refractivity contribution >= 4 is 88.8 Å². The molecule has 10 aromatic rings. The first-order valence-electron chi connectivity index (χ1n) is 24.7. The molecule has 2 aromatic heterocycles. The number of esters is 2. The molecule has 2 unspecified atom stereocenters. The molecule has 8 aromatic carbocycles. The van der Waals surface area contributed by atoms with Gasteiger partial charge in [0, 0.05) is 57.3 Å².